The zero-order valence-electron chi connectivity index (χ0n) is 15.1. The smallest absolute Gasteiger partial charge is 0.252 e. The highest BCUT2D eigenvalue weighted by Gasteiger charge is 2.35. The first-order valence-electron chi connectivity index (χ1n) is 8.08. The SMILES string of the molecule is CC(C)(N)[C@@H](C(=O)NO)c1cc(C#CC#CC(O)CCO)ccc1C(N)=O. The molecule has 8 N–H and O–H groups in total. The highest BCUT2D eigenvalue weighted by molar-refractivity contribution is 5.97. The molecule has 0 saturated heterocycles. The van der Waals surface area contributed by atoms with Gasteiger partial charge in [-0.25, -0.2) is 5.48 Å². The Labute approximate surface area is 157 Å². The van der Waals surface area contributed by atoms with Crippen molar-refractivity contribution in [2.45, 2.75) is 37.8 Å². The van der Waals surface area contributed by atoms with Gasteiger partial charge in [0, 0.05) is 29.7 Å². The Bertz CT molecular complexity index is 822. The molecule has 0 saturated carbocycles. The molecular weight excluding hydrogens is 350 g/mol. The minimum atomic E-state index is -1.11. The molecule has 0 heterocycles. The molecule has 0 aliphatic rings. The van der Waals surface area contributed by atoms with Crippen molar-refractivity contribution < 1.29 is 25.0 Å². The van der Waals surface area contributed by atoms with E-state index < -0.39 is 29.4 Å². The van der Waals surface area contributed by atoms with Crippen LogP contribution in [0.3, 0.4) is 0 Å². The Hall–Kier alpha value is -2.88. The minimum absolute atomic E-state index is 0.0807. The fourth-order valence-corrected chi connectivity index (χ4v) is 2.47. The van der Waals surface area contributed by atoms with Crippen molar-refractivity contribution >= 4 is 11.8 Å². The van der Waals surface area contributed by atoms with Gasteiger partial charge in [-0.2, -0.15) is 0 Å². The van der Waals surface area contributed by atoms with E-state index >= 15 is 0 Å². The predicted octanol–water partition coefficient (Wildman–Crippen LogP) is -0.790. The van der Waals surface area contributed by atoms with E-state index in [2.05, 4.69) is 23.7 Å². The van der Waals surface area contributed by atoms with Gasteiger partial charge in [-0.15, -0.1) is 0 Å². The lowest BCUT2D eigenvalue weighted by Gasteiger charge is -2.30. The number of rotatable bonds is 6. The maximum absolute atomic E-state index is 12.1. The number of nitrogens with two attached hydrogens (primary N) is 2. The van der Waals surface area contributed by atoms with Crippen molar-refractivity contribution in [3.8, 4) is 23.7 Å². The van der Waals surface area contributed by atoms with E-state index in [1.807, 2.05) is 0 Å². The second-order valence-electron chi connectivity index (χ2n) is 6.44. The van der Waals surface area contributed by atoms with Crippen LogP contribution in [0.5, 0.6) is 0 Å². The quantitative estimate of drug-likeness (QED) is 0.218. The van der Waals surface area contributed by atoms with Gasteiger partial charge in [0.25, 0.3) is 5.91 Å². The Kier molecular flexibility index (Phi) is 7.98. The number of nitrogens with one attached hydrogen (secondary N) is 1. The topological polar surface area (TPSA) is 159 Å². The van der Waals surface area contributed by atoms with E-state index in [0.717, 1.165) is 0 Å². The van der Waals surface area contributed by atoms with Crippen LogP contribution in [0, 0.1) is 23.7 Å². The molecule has 8 nitrogen and oxygen atoms in total. The minimum Gasteiger partial charge on any atom is -0.396 e. The summed E-state index contributed by atoms with van der Waals surface area (Å²) in [4.78, 5) is 23.9. The second kappa shape index (κ2) is 9.72. The molecule has 0 radical (unpaired) electrons. The van der Waals surface area contributed by atoms with Crippen molar-refractivity contribution in [1.82, 2.24) is 5.48 Å². The molecule has 0 fully saturated rings. The average Bonchev–Trinajstić information content (AvgIpc) is 2.57. The molecule has 0 aliphatic heterocycles. The summed E-state index contributed by atoms with van der Waals surface area (Å²) in [5, 5.41) is 27.1. The fourth-order valence-electron chi connectivity index (χ4n) is 2.47. The number of hydrogen-bond donors (Lipinski definition) is 6. The van der Waals surface area contributed by atoms with E-state index in [-0.39, 0.29) is 24.2 Å². The first kappa shape index (κ1) is 22.2. The molecule has 8 heteroatoms. The summed E-state index contributed by atoms with van der Waals surface area (Å²) in [5.41, 5.74) is 12.6. The summed E-state index contributed by atoms with van der Waals surface area (Å²) in [7, 11) is 0. The highest BCUT2D eigenvalue weighted by Crippen LogP contribution is 2.30. The zero-order valence-corrected chi connectivity index (χ0v) is 15.1. The molecule has 1 aromatic rings. The number of hydrogen-bond acceptors (Lipinski definition) is 6. The van der Waals surface area contributed by atoms with Gasteiger partial charge in [-0.05, 0) is 49.5 Å². The van der Waals surface area contributed by atoms with E-state index in [9.17, 15) is 14.7 Å². The predicted molar refractivity (Wildman–Crippen MR) is 98.3 cm³/mol. The van der Waals surface area contributed by atoms with Gasteiger partial charge in [0.15, 0.2) is 0 Å². The van der Waals surface area contributed by atoms with Crippen LogP contribution >= 0.6 is 0 Å². The summed E-state index contributed by atoms with van der Waals surface area (Å²) in [6.45, 7) is 2.96. The van der Waals surface area contributed by atoms with Crippen LogP contribution in [-0.4, -0.2) is 45.5 Å². The van der Waals surface area contributed by atoms with Crippen LogP contribution in [-0.2, 0) is 4.79 Å². The number of primary amides is 1. The number of aliphatic hydroxyl groups is 2. The number of aliphatic hydroxyl groups excluding tert-OH is 2. The third-order valence-electron chi connectivity index (χ3n) is 3.66. The van der Waals surface area contributed by atoms with Gasteiger partial charge >= 0.3 is 0 Å². The van der Waals surface area contributed by atoms with Crippen LogP contribution in [0.2, 0.25) is 0 Å². The maximum atomic E-state index is 12.1. The molecule has 2 atom stereocenters. The monoisotopic (exact) mass is 373 g/mol. The van der Waals surface area contributed by atoms with Crippen LogP contribution < -0.4 is 16.9 Å². The number of amides is 2. The molecular formula is C19H23N3O5. The lowest BCUT2D eigenvalue weighted by atomic mass is 9.79. The van der Waals surface area contributed by atoms with Gasteiger partial charge < -0.3 is 21.7 Å². The number of hydroxylamine groups is 1. The number of benzene rings is 1. The van der Waals surface area contributed by atoms with Gasteiger partial charge in [0.1, 0.15) is 6.10 Å². The first-order valence-corrected chi connectivity index (χ1v) is 8.08. The highest BCUT2D eigenvalue weighted by atomic mass is 16.5. The Morgan fingerprint density at radius 3 is 2.48 bits per heavy atom. The lowest BCUT2D eigenvalue weighted by molar-refractivity contribution is -0.132. The van der Waals surface area contributed by atoms with E-state index in [0.29, 0.717) is 5.56 Å². The lowest BCUT2D eigenvalue weighted by Crippen LogP contribution is -2.47. The van der Waals surface area contributed by atoms with Gasteiger partial charge in [0.05, 0.1) is 5.92 Å². The molecule has 2 amide bonds. The summed E-state index contributed by atoms with van der Waals surface area (Å²) in [6.07, 6.45) is -0.858. The van der Waals surface area contributed by atoms with Crippen LogP contribution in [0.1, 0.15) is 47.7 Å². The standard InChI is InChI=1S/C19H23N3O5/c1-19(2,21)16(18(26)22-27)15-11-12(7-8-14(15)17(20)25)5-3-4-6-13(24)9-10-23/h7-8,11,13,16,23-24,27H,9-10,21H2,1-2H3,(H2,20,25)(H,22,26)/t13?,16-/m1/s1. The molecule has 1 unspecified atom stereocenters. The summed E-state index contributed by atoms with van der Waals surface area (Å²) in [5.74, 6) is 7.57. The van der Waals surface area contributed by atoms with E-state index in [1.165, 1.54) is 18.2 Å². The van der Waals surface area contributed by atoms with Crippen molar-refractivity contribution in [1.29, 1.82) is 0 Å². The van der Waals surface area contributed by atoms with Crippen molar-refractivity contribution in [2.24, 2.45) is 11.5 Å². The van der Waals surface area contributed by atoms with Gasteiger partial charge in [-0.1, -0.05) is 11.8 Å². The third-order valence-corrected chi connectivity index (χ3v) is 3.66. The molecule has 1 rings (SSSR count). The normalized spacial score (nSPS) is 12.7. The van der Waals surface area contributed by atoms with Crippen LogP contribution in [0.25, 0.3) is 0 Å². The maximum Gasteiger partial charge on any atom is 0.252 e. The van der Waals surface area contributed by atoms with E-state index in [1.54, 1.807) is 19.3 Å². The van der Waals surface area contributed by atoms with Crippen molar-refractivity contribution in [3.63, 3.8) is 0 Å². The molecule has 0 spiro atoms. The average molecular weight is 373 g/mol. The molecule has 0 aromatic heterocycles. The van der Waals surface area contributed by atoms with Crippen LogP contribution in [0.4, 0.5) is 0 Å². The van der Waals surface area contributed by atoms with Crippen molar-refractivity contribution in [2.75, 3.05) is 6.61 Å². The first-order chi connectivity index (χ1) is 12.6. The summed E-state index contributed by atoms with van der Waals surface area (Å²) >= 11 is 0. The van der Waals surface area contributed by atoms with Crippen LogP contribution in [0.15, 0.2) is 18.2 Å². The van der Waals surface area contributed by atoms with Gasteiger partial charge in [0.2, 0.25) is 5.91 Å². The fraction of sp³-hybridized carbons (Fsp3) is 0.368. The largest absolute Gasteiger partial charge is 0.396 e. The molecule has 1 aromatic carbocycles. The molecule has 0 aliphatic carbocycles. The molecule has 144 valence electrons. The Morgan fingerprint density at radius 1 is 1.30 bits per heavy atom. The number of carbonyl (C=O) groups excluding carboxylic acids is 2. The summed E-state index contributed by atoms with van der Waals surface area (Å²) in [6, 6.07) is 4.42. The Balaban J connectivity index is 3.37. The zero-order chi connectivity index (χ0) is 20.6. The van der Waals surface area contributed by atoms with E-state index in [4.69, 9.17) is 21.8 Å². The van der Waals surface area contributed by atoms with Gasteiger partial charge in [-0.3, -0.25) is 14.8 Å². The van der Waals surface area contributed by atoms with Crippen molar-refractivity contribution in [3.05, 3.63) is 34.9 Å². The molecule has 27 heavy (non-hydrogen) atoms. The summed E-state index contributed by atoms with van der Waals surface area (Å²) < 4.78 is 0. The number of carbonyl (C=O) groups is 2. The third kappa shape index (κ3) is 6.41. The second-order valence-corrected chi connectivity index (χ2v) is 6.44. The molecule has 0 bridgehead atoms. The Morgan fingerprint density at radius 2 is 1.96 bits per heavy atom.